The van der Waals surface area contributed by atoms with E-state index in [0.29, 0.717) is 11.3 Å². The SMILES string of the molecule is Cc1ccc(S(=O)(=O)N(CC(=O)Nc2cccc([N+](=O)[O-])c2C)c2ccccc2C)cc1. The normalized spacial score (nSPS) is 11.1. The molecule has 0 saturated heterocycles. The van der Waals surface area contributed by atoms with Gasteiger partial charge in [0, 0.05) is 6.07 Å². The molecule has 0 bridgehead atoms. The molecule has 0 aliphatic heterocycles. The maximum absolute atomic E-state index is 13.5. The van der Waals surface area contributed by atoms with Crippen LogP contribution in [0.3, 0.4) is 0 Å². The summed E-state index contributed by atoms with van der Waals surface area (Å²) in [6.45, 7) is 4.64. The van der Waals surface area contributed by atoms with Crippen molar-refractivity contribution in [3.05, 3.63) is 93.5 Å². The largest absolute Gasteiger partial charge is 0.324 e. The van der Waals surface area contributed by atoms with E-state index in [9.17, 15) is 23.3 Å². The first-order valence-corrected chi connectivity index (χ1v) is 11.2. The van der Waals surface area contributed by atoms with Crippen LogP contribution in [-0.4, -0.2) is 25.8 Å². The molecule has 166 valence electrons. The fourth-order valence-electron chi connectivity index (χ4n) is 3.26. The fourth-order valence-corrected chi connectivity index (χ4v) is 4.74. The highest BCUT2D eigenvalue weighted by atomic mass is 32.2. The molecule has 0 aromatic heterocycles. The molecule has 1 N–H and O–H groups in total. The maximum atomic E-state index is 13.5. The highest BCUT2D eigenvalue weighted by Crippen LogP contribution is 2.28. The van der Waals surface area contributed by atoms with Crippen molar-refractivity contribution in [3.8, 4) is 0 Å². The van der Waals surface area contributed by atoms with E-state index in [4.69, 9.17) is 0 Å². The lowest BCUT2D eigenvalue weighted by molar-refractivity contribution is -0.385. The molecule has 0 unspecified atom stereocenters. The van der Waals surface area contributed by atoms with E-state index in [1.54, 1.807) is 43.3 Å². The quantitative estimate of drug-likeness (QED) is 0.422. The number of sulfonamides is 1. The van der Waals surface area contributed by atoms with Gasteiger partial charge in [-0.25, -0.2) is 8.42 Å². The lowest BCUT2D eigenvalue weighted by Crippen LogP contribution is -2.38. The highest BCUT2D eigenvalue weighted by molar-refractivity contribution is 7.92. The van der Waals surface area contributed by atoms with Gasteiger partial charge in [0.2, 0.25) is 5.91 Å². The third-order valence-electron chi connectivity index (χ3n) is 5.06. The molecule has 0 radical (unpaired) electrons. The van der Waals surface area contributed by atoms with Gasteiger partial charge in [-0.3, -0.25) is 19.2 Å². The topological polar surface area (TPSA) is 110 Å². The summed E-state index contributed by atoms with van der Waals surface area (Å²) in [5, 5.41) is 13.8. The number of carbonyl (C=O) groups is 1. The Hall–Kier alpha value is -3.72. The van der Waals surface area contributed by atoms with Crippen molar-refractivity contribution in [2.75, 3.05) is 16.2 Å². The number of para-hydroxylation sites is 1. The summed E-state index contributed by atoms with van der Waals surface area (Å²) >= 11 is 0. The van der Waals surface area contributed by atoms with Crippen LogP contribution in [0.15, 0.2) is 71.6 Å². The summed E-state index contributed by atoms with van der Waals surface area (Å²) in [6.07, 6.45) is 0. The smallest absolute Gasteiger partial charge is 0.274 e. The Morgan fingerprint density at radius 2 is 1.62 bits per heavy atom. The number of benzene rings is 3. The summed E-state index contributed by atoms with van der Waals surface area (Å²) in [6, 6.07) is 17.6. The molecule has 0 saturated carbocycles. The zero-order chi connectivity index (χ0) is 23.5. The lowest BCUT2D eigenvalue weighted by atomic mass is 10.1. The molecule has 9 heteroatoms. The average Bonchev–Trinajstić information content (AvgIpc) is 2.74. The first-order chi connectivity index (χ1) is 15.1. The minimum atomic E-state index is -4.05. The van der Waals surface area contributed by atoms with Crippen molar-refractivity contribution in [2.24, 2.45) is 0 Å². The third-order valence-corrected chi connectivity index (χ3v) is 6.83. The Bertz CT molecular complexity index is 1270. The van der Waals surface area contributed by atoms with E-state index in [1.807, 2.05) is 6.92 Å². The Labute approximate surface area is 186 Å². The minimum Gasteiger partial charge on any atom is -0.324 e. The van der Waals surface area contributed by atoms with Gasteiger partial charge in [0.05, 0.1) is 26.8 Å². The average molecular weight is 454 g/mol. The Morgan fingerprint density at radius 1 is 0.969 bits per heavy atom. The van der Waals surface area contributed by atoms with Gasteiger partial charge in [-0.2, -0.15) is 0 Å². The van der Waals surface area contributed by atoms with Crippen LogP contribution in [-0.2, 0) is 14.8 Å². The maximum Gasteiger partial charge on any atom is 0.274 e. The van der Waals surface area contributed by atoms with E-state index >= 15 is 0 Å². The number of nitrogens with zero attached hydrogens (tertiary/aromatic N) is 2. The molecule has 0 atom stereocenters. The van der Waals surface area contributed by atoms with Crippen molar-refractivity contribution in [2.45, 2.75) is 25.7 Å². The molecule has 3 aromatic carbocycles. The standard InChI is InChI=1S/C23H23N3O5S/c1-16-11-13-19(14-12-16)32(30,31)25(21-9-5-4-7-17(21)2)15-23(27)24-20-8-6-10-22(18(20)3)26(28)29/h4-14H,15H2,1-3H3,(H,24,27). The Balaban J connectivity index is 1.98. The van der Waals surface area contributed by atoms with Crippen LogP contribution in [0.2, 0.25) is 0 Å². The molecule has 0 spiro atoms. The molecule has 0 heterocycles. The van der Waals surface area contributed by atoms with Crippen LogP contribution < -0.4 is 9.62 Å². The summed E-state index contributed by atoms with van der Waals surface area (Å²) in [4.78, 5) is 23.6. The van der Waals surface area contributed by atoms with E-state index in [-0.39, 0.29) is 21.8 Å². The zero-order valence-electron chi connectivity index (χ0n) is 17.9. The summed E-state index contributed by atoms with van der Waals surface area (Å²) in [5.74, 6) is -0.618. The Morgan fingerprint density at radius 3 is 2.25 bits per heavy atom. The number of aryl methyl sites for hydroxylation is 2. The minimum absolute atomic E-state index is 0.0608. The molecule has 8 nitrogen and oxygen atoms in total. The number of carbonyl (C=O) groups excluding carboxylic acids is 1. The van der Waals surface area contributed by atoms with Crippen LogP contribution in [0.25, 0.3) is 0 Å². The number of hydrogen-bond acceptors (Lipinski definition) is 5. The van der Waals surface area contributed by atoms with Crippen LogP contribution in [0, 0.1) is 30.9 Å². The number of rotatable bonds is 7. The molecule has 3 rings (SSSR count). The summed E-state index contributed by atoms with van der Waals surface area (Å²) in [7, 11) is -4.05. The number of nitrogens with one attached hydrogen (secondary N) is 1. The number of hydrogen-bond donors (Lipinski definition) is 1. The van der Waals surface area contributed by atoms with E-state index < -0.39 is 27.4 Å². The van der Waals surface area contributed by atoms with Gasteiger partial charge in [0.15, 0.2) is 0 Å². The van der Waals surface area contributed by atoms with Gasteiger partial charge in [-0.1, -0.05) is 42.0 Å². The number of nitro benzene ring substituents is 1. The molecule has 0 fully saturated rings. The van der Waals surface area contributed by atoms with Gasteiger partial charge in [-0.05, 0) is 50.6 Å². The van der Waals surface area contributed by atoms with E-state index in [2.05, 4.69) is 5.32 Å². The van der Waals surface area contributed by atoms with Gasteiger partial charge < -0.3 is 5.32 Å². The number of amides is 1. The summed E-state index contributed by atoms with van der Waals surface area (Å²) < 4.78 is 28.0. The summed E-state index contributed by atoms with van der Waals surface area (Å²) in [5.41, 5.74) is 2.37. The second kappa shape index (κ2) is 9.19. The van der Waals surface area contributed by atoms with Gasteiger partial charge in [0.1, 0.15) is 6.54 Å². The fraction of sp³-hybridized carbons (Fsp3) is 0.174. The Kier molecular flexibility index (Phi) is 6.59. The second-order valence-corrected chi connectivity index (χ2v) is 9.23. The lowest BCUT2D eigenvalue weighted by Gasteiger charge is -2.25. The first kappa shape index (κ1) is 23.0. The van der Waals surface area contributed by atoms with Gasteiger partial charge >= 0.3 is 0 Å². The van der Waals surface area contributed by atoms with Crippen LogP contribution in [0.4, 0.5) is 17.1 Å². The third kappa shape index (κ3) is 4.78. The molecular formula is C23H23N3O5S. The van der Waals surface area contributed by atoms with Gasteiger partial charge in [0.25, 0.3) is 15.7 Å². The van der Waals surface area contributed by atoms with Gasteiger partial charge in [-0.15, -0.1) is 0 Å². The van der Waals surface area contributed by atoms with Crippen molar-refractivity contribution < 1.29 is 18.1 Å². The predicted molar refractivity (Wildman–Crippen MR) is 123 cm³/mol. The van der Waals surface area contributed by atoms with Crippen molar-refractivity contribution in [3.63, 3.8) is 0 Å². The molecule has 32 heavy (non-hydrogen) atoms. The van der Waals surface area contributed by atoms with E-state index in [1.165, 1.54) is 37.3 Å². The monoisotopic (exact) mass is 453 g/mol. The second-order valence-electron chi connectivity index (χ2n) is 7.37. The highest BCUT2D eigenvalue weighted by Gasteiger charge is 2.28. The van der Waals surface area contributed by atoms with Crippen LogP contribution >= 0.6 is 0 Å². The predicted octanol–water partition coefficient (Wildman–Crippen LogP) is 4.35. The zero-order valence-corrected chi connectivity index (χ0v) is 18.7. The van der Waals surface area contributed by atoms with E-state index in [0.717, 1.165) is 9.87 Å². The number of anilines is 2. The first-order valence-electron chi connectivity index (χ1n) is 9.80. The molecule has 1 amide bonds. The molecule has 3 aromatic rings. The number of nitro groups is 1. The van der Waals surface area contributed by atoms with Crippen LogP contribution in [0.5, 0.6) is 0 Å². The van der Waals surface area contributed by atoms with Crippen molar-refractivity contribution >= 4 is 33.0 Å². The molecule has 0 aliphatic rings. The molecular weight excluding hydrogens is 430 g/mol. The van der Waals surface area contributed by atoms with Crippen LogP contribution in [0.1, 0.15) is 16.7 Å². The molecule has 0 aliphatic carbocycles. The van der Waals surface area contributed by atoms with Crippen molar-refractivity contribution in [1.29, 1.82) is 0 Å². The van der Waals surface area contributed by atoms with Crippen molar-refractivity contribution in [1.82, 2.24) is 0 Å².